The fraction of sp³-hybridized carbons (Fsp3) is 0.455. The van der Waals surface area contributed by atoms with Gasteiger partial charge in [0.2, 0.25) is 0 Å². The van der Waals surface area contributed by atoms with Crippen molar-refractivity contribution in [1.82, 2.24) is 9.88 Å². The minimum Gasteiger partial charge on any atom is -0.407 e. The Labute approximate surface area is 100 Å². The maximum absolute atomic E-state index is 11.7. The van der Waals surface area contributed by atoms with Gasteiger partial charge in [0.05, 0.1) is 0 Å². The van der Waals surface area contributed by atoms with Gasteiger partial charge in [0, 0.05) is 18.8 Å². The zero-order valence-electron chi connectivity index (χ0n) is 9.82. The number of carbonyl (C=O) groups is 1. The van der Waals surface area contributed by atoms with Crippen LogP contribution in [0.15, 0.2) is 18.3 Å². The lowest BCUT2D eigenvalue weighted by Gasteiger charge is -2.30. The smallest absolute Gasteiger partial charge is 0.407 e. The van der Waals surface area contributed by atoms with Gasteiger partial charge in [-0.3, -0.25) is 0 Å². The van der Waals surface area contributed by atoms with Gasteiger partial charge in [-0.2, -0.15) is 0 Å². The molecule has 1 aromatic heterocycles. The van der Waals surface area contributed by atoms with Crippen molar-refractivity contribution in [2.75, 3.05) is 7.05 Å². The van der Waals surface area contributed by atoms with Crippen LogP contribution < -0.4 is 4.74 Å². The summed E-state index contributed by atoms with van der Waals surface area (Å²) in [7, 11) is 1.67. The number of amides is 1. The fourth-order valence-corrected chi connectivity index (χ4v) is 1.04. The molecule has 1 heterocycles. The maximum Gasteiger partial charge on any atom is 0.415 e. The molecule has 1 amide bonds. The van der Waals surface area contributed by atoms with Crippen molar-refractivity contribution in [3.8, 4) is 5.75 Å². The Balaban J connectivity index is 2.76. The van der Waals surface area contributed by atoms with Crippen molar-refractivity contribution in [1.29, 1.82) is 0 Å². The lowest BCUT2D eigenvalue weighted by molar-refractivity contribution is 0.124. The highest BCUT2D eigenvalue weighted by Crippen LogP contribution is 2.22. The van der Waals surface area contributed by atoms with Crippen molar-refractivity contribution in [3.05, 3.63) is 23.5 Å². The molecule has 0 N–H and O–H groups in total. The second-order valence-corrected chi connectivity index (χ2v) is 4.75. The van der Waals surface area contributed by atoms with E-state index >= 15 is 0 Å². The first kappa shape index (κ1) is 12.8. The topological polar surface area (TPSA) is 42.4 Å². The van der Waals surface area contributed by atoms with E-state index in [1.165, 1.54) is 11.1 Å². The summed E-state index contributed by atoms with van der Waals surface area (Å²) in [4.78, 5) is 17.0. The highest BCUT2D eigenvalue weighted by atomic mass is 35.5. The number of aromatic nitrogens is 1. The Kier molecular flexibility index (Phi) is 3.75. The maximum atomic E-state index is 11.7. The van der Waals surface area contributed by atoms with Gasteiger partial charge < -0.3 is 9.64 Å². The molecule has 0 saturated heterocycles. The van der Waals surface area contributed by atoms with Crippen LogP contribution in [0.1, 0.15) is 20.8 Å². The average Bonchev–Trinajstić information content (AvgIpc) is 2.19. The van der Waals surface area contributed by atoms with Crippen LogP contribution in [-0.2, 0) is 0 Å². The molecule has 0 atom stereocenters. The monoisotopic (exact) mass is 242 g/mol. The minimum absolute atomic E-state index is 0.179. The van der Waals surface area contributed by atoms with Crippen LogP contribution in [0.25, 0.3) is 0 Å². The van der Waals surface area contributed by atoms with E-state index in [9.17, 15) is 4.79 Å². The highest BCUT2D eigenvalue weighted by Gasteiger charge is 2.24. The SMILES string of the molecule is CN(C(=O)Oc1cccnc1Cl)C(C)(C)C. The first-order valence-corrected chi connectivity index (χ1v) is 5.26. The summed E-state index contributed by atoms with van der Waals surface area (Å²) < 4.78 is 5.13. The molecule has 0 unspecified atom stereocenters. The summed E-state index contributed by atoms with van der Waals surface area (Å²) in [5, 5.41) is 0.179. The second kappa shape index (κ2) is 4.70. The first-order chi connectivity index (χ1) is 7.32. The summed E-state index contributed by atoms with van der Waals surface area (Å²) in [5.41, 5.74) is -0.300. The Hall–Kier alpha value is -1.29. The van der Waals surface area contributed by atoms with Crippen LogP contribution in [0, 0.1) is 0 Å². The van der Waals surface area contributed by atoms with Crippen molar-refractivity contribution >= 4 is 17.7 Å². The molecular weight excluding hydrogens is 228 g/mol. The van der Waals surface area contributed by atoms with Gasteiger partial charge in [-0.1, -0.05) is 11.6 Å². The molecular formula is C11H15ClN2O2. The van der Waals surface area contributed by atoms with Crippen molar-refractivity contribution in [2.45, 2.75) is 26.3 Å². The van der Waals surface area contributed by atoms with Crippen LogP contribution in [0.5, 0.6) is 5.75 Å². The minimum atomic E-state index is -0.456. The number of carbonyl (C=O) groups excluding carboxylic acids is 1. The van der Waals surface area contributed by atoms with Gasteiger partial charge in [0.1, 0.15) is 0 Å². The Morgan fingerprint density at radius 1 is 1.50 bits per heavy atom. The van der Waals surface area contributed by atoms with E-state index in [-0.39, 0.29) is 16.4 Å². The quantitative estimate of drug-likeness (QED) is 0.711. The number of ether oxygens (including phenoxy) is 1. The number of hydrogen-bond acceptors (Lipinski definition) is 3. The number of pyridine rings is 1. The van der Waals surface area contributed by atoms with E-state index in [2.05, 4.69) is 4.98 Å². The average molecular weight is 243 g/mol. The molecule has 0 spiro atoms. The van der Waals surface area contributed by atoms with Gasteiger partial charge in [-0.05, 0) is 32.9 Å². The zero-order valence-corrected chi connectivity index (χ0v) is 10.6. The van der Waals surface area contributed by atoms with Crippen LogP contribution >= 0.6 is 11.6 Å². The van der Waals surface area contributed by atoms with Crippen LogP contribution in [-0.4, -0.2) is 28.6 Å². The molecule has 0 radical (unpaired) electrons. The number of halogens is 1. The zero-order chi connectivity index (χ0) is 12.3. The highest BCUT2D eigenvalue weighted by molar-refractivity contribution is 6.30. The first-order valence-electron chi connectivity index (χ1n) is 4.88. The van der Waals surface area contributed by atoms with Gasteiger partial charge in [0.15, 0.2) is 10.9 Å². The number of nitrogens with zero attached hydrogens (tertiary/aromatic N) is 2. The van der Waals surface area contributed by atoms with Crippen LogP contribution in [0.3, 0.4) is 0 Å². The Bertz CT molecular complexity index is 388. The molecule has 0 aliphatic carbocycles. The Morgan fingerprint density at radius 3 is 2.62 bits per heavy atom. The van der Waals surface area contributed by atoms with Crippen LogP contribution in [0.2, 0.25) is 5.15 Å². The summed E-state index contributed by atoms with van der Waals surface area (Å²) in [6.07, 6.45) is 1.08. The van der Waals surface area contributed by atoms with Gasteiger partial charge in [-0.15, -0.1) is 0 Å². The van der Waals surface area contributed by atoms with Gasteiger partial charge in [-0.25, -0.2) is 9.78 Å². The van der Waals surface area contributed by atoms with Crippen LogP contribution in [0.4, 0.5) is 4.79 Å². The normalized spacial score (nSPS) is 11.1. The van der Waals surface area contributed by atoms with E-state index in [4.69, 9.17) is 16.3 Å². The predicted octanol–water partition coefficient (Wildman–Crippen LogP) is 2.96. The fourth-order valence-electron chi connectivity index (χ4n) is 0.884. The summed E-state index contributed by atoms with van der Waals surface area (Å²) in [5.74, 6) is 0.269. The third kappa shape index (κ3) is 3.10. The van der Waals surface area contributed by atoms with Gasteiger partial charge in [0.25, 0.3) is 0 Å². The number of hydrogen-bond donors (Lipinski definition) is 0. The standard InChI is InChI=1S/C11H15ClN2O2/c1-11(2,3)14(4)10(15)16-8-6-5-7-13-9(8)12/h5-7H,1-4H3. The lowest BCUT2D eigenvalue weighted by atomic mass is 10.1. The van der Waals surface area contributed by atoms with Gasteiger partial charge >= 0.3 is 6.09 Å². The molecule has 0 aliphatic heterocycles. The Morgan fingerprint density at radius 2 is 2.12 bits per heavy atom. The molecule has 16 heavy (non-hydrogen) atoms. The van der Waals surface area contributed by atoms with E-state index < -0.39 is 6.09 Å². The molecule has 1 aromatic rings. The largest absolute Gasteiger partial charge is 0.415 e. The molecule has 0 aromatic carbocycles. The van der Waals surface area contributed by atoms with E-state index in [1.54, 1.807) is 19.2 Å². The van der Waals surface area contributed by atoms with Crippen molar-refractivity contribution in [3.63, 3.8) is 0 Å². The predicted molar refractivity (Wildman–Crippen MR) is 62.8 cm³/mol. The molecule has 5 heteroatoms. The number of rotatable bonds is 1. The molecule has 4 nitrogen and oxygen atoms in total. The molecule has 0 bridgehead atoms. The lowest BCUT2D eigenvalue weighted by Crippen LogP contribution is -2.44. The summed E-state index contributed by atoms with van der Waals surface area (Å²) >= 11 is 5.78. The molecule has 1 rings (SSSR count). The summed E-state index contributed by atoms with van der Waals surface area (Å²) in [6.45, 7) is 5.75. The van der Waals surface area contributed by atoms with Crippen molar-refractivity contribution in [2.24, 2.45) is 0 Å². The second-order valence-electron chi connectivity index (χ2n) is 4.39. The molecule has 88 valence electrons. The van der Waals surface area contributed by atoms with E-state index in [0.717, 1.165) is 0 Å². The summed E-state index contributed by atoms with van der Waals surface area (Å²) in [6, 6.07) is 3.26. The molecule has 0 fully saturated rings. The third-order valence-electron chi connectivity index (χ3n) is 2.20. The van der Waals surface area contributed by atoms with E-state index in [0.29, 0.717) is 0 Å². The third-order valence-corrected chi connectivity index (χ3v) is 2.49. The van der Waals surface area contributed by atoms with Crippen molar-refractivity contribution < 1.29 is 9.53 Å². The van der Waals surface area contributed by atoms with E-state index in [1.807, 2.05) is 20.8 Å². The molecule has 0 aliphatic rings. The molecule has 0 saturated carbocycles.